The Kier molecular flexibility index (Phi) is 6.79. The average Bonchev–Trinajstić information content (AvgIpc) is 2.76. The number of nitrogens with zero attached hydrogens (tertiary/aromatic N) is 2. The average molecular weight is 408 g/mol. The molecule has 2 aromatic carbocycles. The molecule has 156 valence electrons. The number of nitrogens with one attached hydrogen (secondary N) is 2. The van der Waals surface area contributed by atoms with Gasteiger partial charge in [0.1, 0.15) is 11.6 Å². The second-order valence-corrected chi connectivity index (χ2v) is 6.99. The fraction of sp³-hybridized carbons (Fsp3) is 0.273. The van der Waals surface area contributed by atoms with Crippen molar-refractivity contribution in [1.29, 1.82) is 0 Å². The van der Waals surface area contributed by atoms with Crippen LogP contribution in [-0.4, -0.2) is 35.5 Å². The molecule has 1 unspecified atom stereocenters. The first-order valence-electron chi connectivity index (χ1n) is 9.70. The van der Waals surface area contributed by atoms with Crippen molar-refractivity contribution >= 4 is 28.2 Å². The fourth-order valence-electron chi connectivity index (χ4n) is 3.15. The van der Waals surface area contributed by atoms with Crippen LogP contribution >= 0.6 is 0 Å². The van der Waals surface area contributed by atoms with Crippen molar-refractivity contribution in [3.8, 4) is 5.75 Å². The van der Waals surface area contributed by atoms with Crippen LogP contribution in [-0.2, 0) is 0 Å². The van der Waals surface area contributed by atoms with Gasteiger partial charge in [0.2, 0.25) is 0 Å². The minimum atomic E-state index is -0.489. The van der Waals surface area contributed by atoms with Crippen molar-refractivity contribution in [2.75, 3.05) is 19.0 Å². The summed E-state index contributed by atoms with van der Waals surface area (Å²) in [6.07, 6.45) is 3.39. The summed E-state index contributed by atoms with van der Waals surface area (Å²) in [6, 6.07) is 13.6. The first kappa shape index (κ1) is 21.0. The largest absolute Gasteiger partial charge is 0.497 e. The number of pyridine rings is 1. The Labute approximate surface area is 174 Å². The van der Waals surface area contributed by atoms with Crippen LogP contribution in [0, 0.1) is 10.1 Å². The van der Waals surface area contributed by atoms with E-state index in [9.17, 15) is 14.9 Å². The summed E-state index contributed by atoms with van der Waals surface area (Å²) in [5, 5.41) is 19.0. The molecular weight excluding hydrogens is 384 g/mol. The van der Waals surface area contributed by atoms with E-state index in [1.165, 1.54) is 24.3 Å². The van der Waals surface area contributed by atoms with E-state index in [2.05, 4.69) is 22.5 Å². The molecule has 0 saturated heterocycles. The first-order chi connectivity index (χ1) is 14.5. The predicted octanol–water partition coefficient (Wildman–Crippen LogP) is 4.16. The van der Waals surface area contributed by atoms with Gasteiger partial charge in [0, 0.05) is 41.9 Å². The Morgan fingerprint density at radius 3 is 2.67 bits per heavy atom. The van der Waals surface area contributed by atoms with Crippen LogP contribution in [0.15, 0.2) is 54.7 Å². The van der Waals surface area contributed by atoms with Gasteiger partial charge in [-0.25, -0.2) is 4.98 Å². The summed E-state index contributed by atoms with van der Waals surface area (Å²) in [4.78, 5) is 26.8. The van der Waals surface area contributed by atoms with Crippen molar-refractivity contribution in [3.63, 3.8) is 0 Å². The lowest BCUT2D eigenvalue weighted by Crippen LogP contribution is -2.26. The number of anilines is 1. The highest BCUT2D eigenvalue weighted by atomic mass is 16.6. The molecule has 8 heteroatoms. The minimum Gasteiger partial charge on any atom is -0.497 e. The lowest BCUT2D eigenvalue weighted by atomic mass is 10.1. The Hall–Kier alpha value is -3.68. The number of benzene rings is 2. The molecule has 30 heavy (non-hydrogen) atoms. The number of rotatable bonds is 9. The van der Waals surface area contributed by atoms with Crippen LogP contribution in [0.5, 0.6) is 5.75 Å². The minimum absolute atomic E-state index is 0.0352. The van der Waals surface area contributed by atoms with Gasteiger partial charge in [-0.15, -0.1) is 0 Å². The third kappa shape index (κ3) is 5.22. The number of ether oxygens (including phenoxy) is 1. The van der Waals surface area contributed by atoms with Gasteiger partial charge in [0.05, 0.1) is 12.0 Å². The quantitative estimate of drug-likeness (QED) is 0.313. The van der Waals surface area contributed by atoms with Gasteiger partial charge < -0.3 is 15.4 Å². The third-order valence-electron chi connectivity index (χ3n) is 4.79. The van der Waals surface area contributed by atoms with Crippen molar-refractivity contribution in [3.05, 3.63) is 70.4 Å². The van der Waals surface area contributed by atoms with Crippen LogP contribution in [0.4, 0.5) is 11.5 Å². The second-order valence-electron chi connectivity index (χ2n) is 6.99. The molecule has 0 aliphatic carbocycles. The highest BCUT2D eigenvalue weighted by Crippen LogP contribution is 2.26. The van der Waals surface area contributed by atoms with Gasteiger partial charge in [-0.2, -0.15) is 0 Å². The smallest absolute Gasteiger partial charge is 0.269 e. The van der Waals surface area contributed by atoms with E-state index in [1.54, 1.807) is 13.3 Å². The zero-order valence-electron chi connectivity index (χ0n) is 16.9. The van der Waals surface area contributed by atoms with E-state index >= 15 is 0 Å². The SMILES string of the molecule is COc1ccc2c(NC(C)CCCNC(=O)c3ccc([N+](=O)[O-])cc3)nccc2c1. The molecule has 0 spiro atoms. The molecule has 1 aromatic heterocycles. The highest BCUT2D eigenvalue weighted by Gasteiger charge is 2.10. The summed E-state index contributed by atoms with van der Waals surface area (Å²) in [5.74, 6) is 1.38. The zero-order chi connectivity index (χ0) is 21.5. The number of non-ortho nitro benzene ring substituents is 1. The van der Waals surface area contributed by atoms with E-state index in [0.717, 1.165) is 35.2 Å². The maximum atomic E-state index is 12.1. The Morgan fingerprint density at radius 1 is 1.20 bits per heavy atom. The maximum Gasteiger partial charge on any atom is 0.269 e. The van der Waals surface area contributed by atoms with Gasteiger partial charge in [0.25, 0.3) is 11.6 Å². The Bertz CT molecular complexity index is 1040. The van der Waals surface area contributed by atoms with E-state index in [-0.39, 0.29) is 17.6 Å². The molecule has 1 atom stereocenters. The maximum absolute atomic E-state index is 12.1. The number of hydrogen-bond donors (Lipinski definition) is 2. The molecule has 0 fully saturated rings. The van der Waals surface area contributed by atoms with E-state index < -0.39 is 4.92 Å². The van der Waals surface area contributed by atoms with Crippen molar-refractivity contribution < 1.29 is 14.5 Å². The fourth-order valence-corrected chi connectivity index (χ4v) is 3.15. The topological polar surface area (TPSA) is 106 Å². The van der Waals surface area contributed by atoms with Crippen LogP contribution in [0.3, 0.4) is 0 Å². The molecule has 3 rings (SSSR count). The molecule has 0 saturated carbocycles. The standard InChI is InChI=1S/C22H24N4O4/c1-15(25-21-20-10-9-19(30-2)14-17(20)11-13-23-21)4-3-12-24-22(27)16-5-7-18(8-6-16)26(28)29/h5-11,13-15H,3-4,12H2,1-2H3,(H,23,25)(H,24,27). The summed E-state index contributed by atoms with van der Waals surface area (Å²) in [7, 11) is 1.64. The van der Waals surface area contributed by atoms with Crippen molar-refractivity contribution in [2.45, 2.75) is 25.8 Å². The number of fused-ring (bicyclic) bond motifs is 1. The van der Waals surface area contributed by atoms with Crippen LogP contribution in [0.1, 0.15) is 30.1 Å². The normalized spacial score (nSPS) is 11.7. The molecular formula is C22H24N4O4. The molecule has 2 N–H and O–H groups in total. The van der Waals surface area contributed by atoms with Crippen LogP contribution in [0.25, 0.3) is 10.8 Å². The second kappa shape index (κ2) is 9.69. The summed E-state index contributed by atoms with van der Waals surface area (Å²) in [6.45, 7) is 2.59. The summed E-state index contributed by atoms with van der Waals surface area (Å²) in [5.41, 5.74) is 0.370. The van der Waals surface area contributed by atoms with Crippen LogP contribution in [0.2, 0.25) is 0 Å². The predicted molar refractivity (Wildman–Crippen MR) is 116 cm³/mol. The van der Waals surface area contributed by atoms with Crippen LogP contribution < -0.4 is 15.4 Å². The van der Waals surface area contributed by atoms with Gasteiger partial charge in [-0.3, -0.25) is 14.9 Å². The molecule has 0 radical (unpaired) electrons. The number of nitro groups is 1. The van der Waals surface area contributed by atoms with E-state index in [0.29, 0.717) is 12.1 Å². The number of amides is 1. The lowest BCUT2D eigenvalue weighted by molar-refractivity contribution is -0.384. The number of carbonyl (C=O) groups excluding carboxylic acids is 1. The monoisotopic (exact) mass is 408 g/mol. The first-order valence-corrected chi connectivity index (χ1v) is 9.70. The number of methoxy groups -OCH3 is 1. The summed E-state index contributed by atoms with van der Waals surface area (Å²) < 4.78 is 5.27. The van der Waals surface area contributed by atoms with Gasteiger partial charge in [-0.05, 0) is 61.5 Å². The van der Waals surface area contributed by atoms with Gasteiger partial charge in [-0.1, -0.05) is 0 Å². The number of hydrogen-bond acceptors (Lipinski definition) is 6. The Balaban J connectivity index is 1.48. The number of nitro benzene ring substituents is 1. The molecule has 0 bridgehead atoms. The molecule has 1 amide bonds. The molecule has 0 aliphatic heterocycles. The van der Waals surface area contributed by atoms with Gasteiger partial charge >= 0.3 is 0 Å². The highest BCUT2D eigenvalue weighted by molar-refractivity contribution is 5.94. The van der Waals surface area contributed by atoms with Gasteiger partial charge in [0.15, 0.2) is 0 Å². The van der Waals surface area contributed by atoms with Crippen molar-refractivity contribution in [1.82, 2.24) is 10.3 Å². The lowest BCUT2D eigenvalue weighted by Gasteiger charge is -2.16. The molecule has 8 nitrogen and oxygen atoms in total. The molecule has 3 aromatic rings. The van der Waals surface area contributed by atoms with E-state index in [1.807, 2.05) is 24.3 Å². The molecule has 0 aliphatic rings. The number of aromatic nitrogens is 1. The van der Waals surface area contributed by atoms with E-state index in [4.69, 9.17) is 4.74 Å². The van der Waals surface area contributed by atoms with Crippen molar-refractivity contribution in [2.24, 2.45) is 0 Å². The zero-order valence-corrected chi connectivity index (χ0v) is 16.9. The summed E-state index contributed by atoms with van der Waals surface area (Å²) >= 11 is 0. The molecule has 1 heterocycles. The number of carbonyl (C=O) groups is 1. The Morgan fingerprint density at radius 2 is 1.97 bits per heavy atom. The third-order valence-corrected chi connectivity index (χ3v) is 4.79.